The van der Waals surface area contributed by atoms with E-state index in [0.29, 0.717) is 0 Å². The number of hydrogen-bond donors (Lipinski definition) is 0. The van der Waals surface area contributed by atoms with Gasteiger partial charge >= 0.3 is 15.6 Å². The molecule has 56 valence electrons. The molecule has 0 aromatic heterocycles. The highest BCUT2D eigenvalue weighted by Crippen LogP contribution is 2.23. The van der Waals surface area contributed by atoms with E-state index in [1.54, 1.807) is 0 Å². The Labute approximate surface area is 52.4 Å². The van der Waals surface area contributed by atoms with E-state index in [0.717, 1.165) is 0 Å². The Hall–Kier alpha value is -0.300. The van der Waals surface area contributed by atoms with Crippen molar-refractivity contribution in [3.05, 3.63) is 0 Å². The maximum Gasteiger partial charge on any atom is 0.523 e. The van der Waals surface area contributed by atoms with Crippen LogP contribution in [0, 0.1) is 0 Å². The second-order valence-corrected chi connectivity index (χ2v) is 2.56. The van der Waals surface area contributed by atoms with Crippen molar-refractivity contribution in [3.8, 4) is 0 Å². The predicted octanol–water partition coefficient (Wildman–Crippen LogP) is 0.482. The molecule has 0 unspecified atom stereocenters. The molecule has 0 N–H and O–H groups in total. The number of halogens is 3. The van der Waals surface area contributed by atoms with Crippen LogP contribution in [0.5, 0.6) is 0 Å². The minimum Gasteiger partial charge on any atom is -0.267 e. The van der Waals surface area contributed by atoms with Gasteiger partial charge in [0.2, 0.25) is 0 Å². The van der Waals surface area contributed by atoms with E-state index in [-0.39, 0.29) is 0 Å². The molecule has 0 aromatic rings. The number of alkyl halides is 3. The average Bonchev–Trinajstić information content (AvgIpc) is 1.56. The Balaban J connectivity index is 4.51. The minimum atomic E-state index is -5.77. The molecular formula is C2H3F3O3S. The molecule has 0 aliphatic heterocycles. The first-order chi connectivity index (χ1) is 4.67. The fourth-order valence-electron chi connectivity index (χ4n) is 0.0546. The van der Waals surface area contributed by atoms with Crippen LogP contribution in [-0.2, 0) is 14.3 Å². The first-order valence-corrected chi connectivity index (χ1v) is 2.92. The van der Waals surface area contributed by atoms with Crippen LogP contribution in [0.4, 0.5) is 13.2 Å². The fraction of sp³-hybridized carbons (Fsp3) is 1.00. The summed E-state index contributed by atoms with van der Waals surface area (Å²) in [4.78, 5) is 0. The highest BCUT2D eigenvalue weighted by Gasteiger charge is 2.46. The third kappa shape index (κ3) is 1.83. The summed E-state index contributed by atoms with van der Waals surface area (Å²) in [6, 6.07) is 0. The molecule has 0 fully saturated rings. The van der Waals surface area contributed by atoms with Crippen molar-refractivity contribution in [2.75, 3.05) is 7.06 Å². The molecule has 0 atom stereocenters. The van der Waals surface area contributed by atoms with Gasteiger partial charge in [-0.25, -0.2) is 0 Å². The maximum atomic E-state index is 11.3. The molecule has 0 spiro atoms. The van der Waals surface area contributed by atoms with Crippen LogP contribution >= 0.6 is 0 Å². The first-order valence-electron chi connectivity index (χ1n) is 2.66. The van der Waals surface area contributed by atoms with Crippen molar-refractivity contribution in [1.82, 2.24) is 0 Å². The quantitative estimate of drug-likeness (QED) is 0.420. The minimum absolute atomic E-state index is 2.50. The molecule has 0 saturated heterocycles. The van der Waals surface area contributed by atoms with E-state index >= 15 is 0 Å². The van der Waals surface area contributed by atoms with E-state index in [4.69, 9.17) is 2.74 Å². The lowest BCUT2D eigenvalue weighted by atomic mass is 11.6. The van der Waals surface area contributed by atoms with Gasteiger partial charge in [-0.3, -0.25) is 4.18 Å². The highest BCUT2D eigenvalue weighted by molar-refractivity contribution is 7.87. The molecule has 0 radical (unpaired) electrons. The standard InChI is InChI=1S/C2H3F3O3S/c1-8-9(6,7)2(3,4)5/h1H3/i1D2. The summed E-state index contributed by atoms with van der Waals surface area (Å²) in [6.07, 6.45) is 0. The maximum absolute atomic E-state index is 11.3. The molecule has 0 aromatic carbocycles. The third-order valence-corrected chi connectivity index (χ3v) is 1.23. The van der Waals surface area contributed by atoms with Crippen molar-refractivity contribution >= 4 is 10.1 Å². The molecule has 9 heavy (non-hydrogen) atoms. The van der Waals surface area contributed by atoms with E-state index < -0.39 is 22.7 Å². The van der Waals surface area contributed by atoms with Crippen molar-refractivity contribution in [2.45, 2.75) is 5.51 Å². The SMILES string of the molecule is [2H]C([2H])OS(=O)(=O)C(F)(F)F. The van der Waals surface area contributed by atoms with Gasteiger partial charge in [-0.2, -0.15) is 21.6 Å². The van der Waals surface area contributed by atoms with Gasteiger partial charge in [0.05, 0.1) is 9.80 Å². The zero-order valence-corrected chi connectivity index (χ0v) is 4.66. The summed E-state index contributed by atoms with van der Waals surface area (Å²) in [5, 5.41) is 0. The zero-order valence-electron chi connectivity index (χ0n) is 5.84. The van der Waals surface area contributed by atoms with Crippen molar-refractivity contribution in [3.63, 3.8) is 0 Å². The average molecular weight is 166 g/mol. The zero-order chi connectivity index (χ0) is 9.28. The lowest BCUT2D eigenvalue weighted by molar-refractivity contribution is -0.0526. The van der Waals surface area contributed by atoms with Gasteiger partial charge in [0.1, 0.15) is 0 Å². The molecule has 0 bridgehead atoms. The Kier molecular flexibility index (Phi) is 1.31. The van der Waals surface area contributed by atoms with Gasteiger partial charge < -0.3 is 0 Å². The number of rotatable bonds is 1. The summed E-state index contributed by atoms with van der Waals surface area (Å²) in [6.45, 7) is 0. The molecule has 0 aliphatic carbocycles. The largest absolute Gasteiger partial charge is 0.523 e. The van der Waals surface area contributed by atoms with Gasteiger partial charge in [0, 0.05) is 0 Å². The van der Waals surface area contributed by atoms with Gasteiger partial charge in [0.25, 0.3) is 0 Å². The summed E-state index contributed by atoms with van der Waals surface area (Å²) in [5.74, 6) is 0. The Morgan fingerprint density at radius 2 is 2.00 bits per heavy atom. The summed E-state index contributed by atoms with van der Waals surface area (Å²) < 4.78 is 68.8. The Morgan fingerprint density at radius 1 is 1.56 bits per heavy atom. The lowest BCUT2D eigenvalue weighted by Crippen LogP contribution is -2.23. The highest BCUT2D eigenvalue weighted by atomic mass is 32.2. The van der Waals surface area contributed by atoms with Crippen molar-refractivity contribution < 1.29 is 28.5 Å². The van der Waals surface area contributed by atoms with Crippen LogP contribution in [0.1, 0.15) is 2.74 Å². The van der Waals surface area contributed by atoms with E-state index in [9.17, 15) is 21.6 Å². The van der Waals surface area contributed by atoms with Crippen LogP contribution in [0.15, 0.2) is 0 Å². The molecule has 0 amide bonds. The predicted molar refractivity (Wildman–Crippen MR) is 22.0 cm³/mol. The van der Waals surface area contributed by atoms with Crippen LogP contribution in [0.2, 0.25) is 0 Å². The Bertz CT molecular complexity index is 219. The smallest absolute Gasteiger partial charge is 0.267 e. The van der Waals surface area contributed by atoms with E-state index in [1.165, 1.54) is 0 Å². The van der Waals surface area contributed by atoms with Crippen LogP contribution in [0.25, 0.3) is 0 Å². The topological polar surface area (TPSA) is 43.4 Å². The number of hydrogen-bond acceptors (Lipinski definition) is 3. The van der Waals surface area contributed by atoms with Crippen molar-refractivity contribution in [2.24, 2.45) is 0 Å². The van der Waals surface area contributed by atoms with E-state index in [2.05, 4.69) is 4.18 Å². The summed E-state index contributed by atoms with van der Waals surface area (Å²) in [7, 11) is -8.27. The molecule has 0 heterocycles. The van der Waals surface area contributed by atoms with Crippen LogP contribution < -0.4 is 0 Å². The molecule has 0 saturated carbocycles. The molecule has 0 rings (SSSR count). The fourth-order valence-corrected chi connectivity index (χ4v) is 0.164. The van der Waals surface area contributed by atoms with Crippen LogP contribution in [0.3, 0.4) is 0 Å². The van der Waals surface area contributed by atoms with Crippen LogP contribution in [-0.4, -0.2) is 21.0 Å². The molecule has 7 heteroatoms. The Morgan fingerprint density at radius 3 is 2.11 bits per heavy atom. The lowest BCUT2D eigenvalue weighted by Gasteiger charge is -2.02. The van der Waals surface area contributed by atoms with Gasteiger partial charge in [-0.05, 0) is 0 Å². The molecule has 3 nitrogen and oxygen atoms in total. The second-order valence-electron chi connectivity index (χ2n) is 0.996. The molecule has 0 aliphatic rings. The molecular weight excluding hydrogens is 161 g/mol. The summed E-state index contributed by atoms with van der Waals surface area (Å²) >= 11 is 0. The summed E-state index contributed by atoms with van der Waals surface area (Å²) in [5.41, 5.74) is -5.56. The normalized spacial score (nSPS) is 17.3. The second kappa shape index (κ2) is 2.14. The van der Waals surface area contributed by atoms with E-state index in [1.807, 2.05) is 0 Å². The third-order valence-electron chi connectivity index (χ3n) is 0.410. The van der Waals surface area contributed by atoms with Gasteiger partial charge in [-0.15, -0.1) is 0 Å². The van der Waals surface area contributed by atoms with Gasteiger partial charge in [-0.1, -0.05) is 0 Å². The first kappa shape index (κ1) is 5.48. The van der Waals surface area contributed by atoms with Crippen molar-refractivity contribution in [1.29, 1.82) is 0 Å². The van der Waals surface area contributed by atoms with Gasteiger partial charge in [0.15, 0.2) is 0 Å². The monoisotopic (exact) mass is 166 g/mol.